The predicted molar refractivity (Wildman–Crippen MR) is 138 cm³/mol. The molecule has 2 aromatic heterocycles. The largest absolute Gasteiger partial charge is 0.378 e. The van der Waals surface area contributed by atoms with Crippen molar-refractivity contribution in [3.8, 4) is 0 Å². The number of aliphatic imine (C=N–C) groups is 1. The first-order chi connectivity index (χ1) is 14.5. The van der Waals surface area contributed by atoms with E-state index >= 15 is 0 Å². The number of aromatic nitrogens is 3. The van der Waals surface area contributed by atoms with Crippen molar-refractivity contribution in [1.29, 1.82) is 0 Å². The summed E-state index contributed by atoms with van der Waals surface area (Å²) < 4.78 is 8.03. The molecule has 1 saturated carbocycles. The summed E-state index contributed by atoms with van der Waals surface area (Å²) in [5.41, 5.74) is 0.160. The van der Waals surface area contributed by atoms with Gasteiger partial charge in [0.15, 0.2) is 11.8 Å². The zero-order chi connectivity index (χ0) is 21.6. The van der Waals surface area contributed by atoms with Gasteiger partial charge in [0.25, 0.3) is 0 Å². The second-order valence-electron chi connectivity index (χ2n) is 7.96. The maximum absolute atomic E-state index is 6.04. The number of ether oxygens (including phenoxy) is 1. The molecule has 174 valence electrons. The van der Waals surface area contributed by atoms with E-state index in [1.54, 1.807) is 11.3 Å². The number of thiophene rings is 1. The Hall–Kier alpha value is -1.20. The van der Waals surface area contributed by atoms with E-state index in [9.17, 15) is 0 Å². The summed E-state index contributed by atoms with van der Waals surface area (Å²) in [5, 5.41) is 17.8. The number of hydrogen-bond donors (Lipinski definition) is 2. The Balaban J connectivity index is 0.00000341. The van der Waals surface area contributed by atoms with Crippen molar-refractivity contribution >= 4 is 41.3 Å². The fourth-order valence-corrected chi connectivity index (χ4v) is 5.11. The van der Waals surface area contributed by atoms with Gasteiger partial charge in [-0.3, -0.25) is 0 Å². The molecule has 1 fully saturated rings. The summed E-state index contributed by atoms with van der Waals surface area (Å²) in [6.07, 6.45) is 4.52. The van der Waals surface area contributed by atoms with E-state index in [1.807, 2.05) is 18.5 Å². The van der Waals surface area contributed by atoms with Crippen LogP contribution in [0.1, 0.15) is 56.6 Å². The van der Waals surface area contributed by atoms with E-state index in [0.29, 0.717) is 18.7 Å². The SMILES string of the molecule is CCOC1CC(NC(=NCc2nnc(C)n2C)NCCc2cccs2)C1(CC)CC.I. The van der Waals surface area contributed by atoms with Gasteiger partial charge in [-0.05, 0) is 51.0 Å². The van der Waals surface area contributed by atoms with Crippen molar-refractivity contribution < 1.29 is 4.74 Å². The van der Waals surface area contributed by atoms with Crippen molar-refractivity contribution in [1.82, 2.24) is 25.4 Å². The van der Waals surface area contributed by atoms with Crippen LogP contribution < -0.4 is 10.6 Å². The summed E-state index contributed by atoms with van der Waals surface area (Å²) in [5.74, 6) is 2.61. The van der Waals surface area contributed by atoms with Crippen LogP contribution in [0.4, 0.5) is 0 Å². The van der Waals surface area contributed by atoms with Crippen molar-refractivity contribution in [2.75, 3.05) is 13.2 Å². The van der Waals surface area contributed by atoms with Gasteiger partial charge < -0.3 is 19.9 Å². The Bertz CT molecular complexity index is 818. The molecule has 2 heterocycles. The predicted octanol–water partition coefficient (Wildman–Crippen LogP) is 4.06. The first-order valence-corrected chi connectivity index (χ1v) is 12.0. The summed E-state index contributed by atoms with van der Waals surface area (Å²) in [6.45, 7) is 10.7. The minimum absolute atomic E-state index is 0. The zero-order valence-electron chi connectivity index (χ0n) is 19.4. The molecule has 0 aliphatic heterocycles. The van der Waals surface area contributed by atoms with Crippen molar-refractivity contribution in [3.05, 3.63) is 34.0 Å². The molecule has 9 heteroatoms. The molecule has 1 aliphatic rings. The van der Waals surface area contributed by atoms with Crippen LogP contribution in [-0.4, -0.2) is 46.0 Å². The molecule has 31 heavy (non-hydrogen) atoms. The summed E-state index contributed by atoms with van der Waals surface area (Å²) >= 11 is 1.79. The molecule has 7 nitrogen and oxygen atoms in total. The highest BCUT2D eigenvalue weighted by Gasteiger charge is 2.53. The number of halogens is 1. The molecule has 0 spiro atoms. The van der Waals surface area contributed by atoms with E-state index in [4.69, 9.17) is 9.73 Å². The number of nitrogens with one attached hydrogen (secondary N) is 2. The molecule has 2 atom stereocenters. The maximum Gasteiger partial charge on any atom is 0.191 e. The monoisotopic (exact) mass is 560 g/mol. The number of hydrogen-bond acceptors (Lipinski definition) is 5. The Morgan fingerprint density at radius 2 is 2.10 bits per heavy atom. The highest BCUT2D eigenvalue weighted by atomic mass is 127. The average Bonchev–Trinajstić information content (AvgIpc) is 3.36. The van der Waals surface area contributed by atoms with Gasteiger partial charge in [-0.1, -0.05) is 19.9 Å². The molecule has 3 rings (SSSR count). The minimum Gasteiger partial charge on any atom is -0.378 e. The number of guanidine groups is 1. The highest BCUT2D eigenvalue weighted by Crippen LogP contribution is 2.48. The molecule has 0 aromatic carbocycles. The molecule has 1 aliphatic carbocycles. The molecule has 0 saturated heterocycles. The van der Waals surface area contributed by atoms with E-state index in [2.05, 4.69) is 59.1 Å². The molecule has 0 bridgehead atoms. The molecular weight excluding hydrogens is 523 g/mol. The average molecular weight is 561 g/mol. The van der Waals surface area contributed by atoms with Crippen molar-refractivity contribution in [2.24, 2.45) is 17.5 Å². The van der Waals surface area contributed by atoms with E-state index in [-0.39, 0.29) is 29.4 Å². The van der Waals surface area contributed by atoms with Crippen LogP contribution in [0.15, 0.2) is 22.5 Å². The lowest BCUT2D eigenvalue weighted by Gasteiger charge is -2.55. The van der Waals surface area contributed by atoms with Gasteiger partial charge in [0, 0.05) is 36.5 Å². The van der Waals surface area contributed by atoms with Crippen LogP contribution in [0, 0.1) is 12.3 Å². The lowest BCUT2D eigenvalue weighted by atomic mass is 9.58. The minimum atomic E-state index is 0. The molecule has 2 aromatic rings. The topological polar surface area (TPSA) is 76.4 Å². The van der Waals surface area contributed by atoms with Gasteiger partial charge in [-0.25, -0.2) is 4.99 Å². The number of rotatable bonds is 10. The van der Waals surface area contributed by atoms with Crippen LogP contribution in [0.25, 0.3) is 0 Å². The van der Waals surface area contributed by atoms with Crippen LogP contribution in [0.3, 0.4) is 0 Å². The van der Waals surface area contributed by atoms with Crippen LogP contribution in [-0.2, 0) is 24.8 Å². The fourth-order valence-electron chi connectivity index (χ4n) is 4.40. The second-order valence-corrected chi connectivity index (χ2v) is 8.99. The van der Waals surface area contributed by atoms with E-state index < -0.39 is 0 Å². The lowest BCUT2D eigenvalue weighted by Crippen LogP contribution is -2.65. The summed E-state index contributed by atoms with van der Waals surface area (Å²) in [4.78, 5) is 6.22. The Kier molecular flexibility index (Phi) is 10.2. The Labute approximate surface area is 207 Å². The first-order valence-electron chi connectivity index (χ1n) is 11.1. The summed E-state index contributed by atoms with van der Waals surface area (Å²) in [6, 6.07) is 4.64. The molecule has 2 unspecified atom stereocenters. The van der Waals surface area contributed by atoms with Crippen LogP contribution >= 0.6 is 35.3 Å². The molecular formula is C22H37IN6OS. The standard InChI is InChI=1S/C22H36N6OS.HI/c1-6-22(7-2)18(14-19(22)29-8-3)25-21(23-12-11-17-10-9-13-30-17)24-15-20-27-26-16(4)28(20)5;/h9-10,13,18-19H,6-8,11-12,14-15H2,1-5H3,(H2,23,24,25);1H. The molecule has 0 amide bonds. The van der Waals surface area contributed by atoms with Gasteiger partial charge in [0.2, 0.25) is 0 Å². The van der Waals surface area contributed by atoms with Crippen molar-refractivity contribution in [3.63, 3.8) is 0 Å². The zero-order valence-corrected chi connectivity index (χ0v) is 22.5. The quantitative estimate of drug-likeness (QED) is 0.261. The fraction of sp³-hybridized carbons (Fsp3) is 0.682. The highest BCUT2D eigenvalue weighted by molar-refractivity contribution is 14.0. The Morgan fingerprint density at radius 3 is 2.68 bits per heavy atom. The second kappa shape index (κ2) is 12.2. The normalized spacial score (nSPS) is 20.1. The van der Waals surface area contributed by atoms with E-state index in [0.717, 1.165) is 56.4 Å². The summed E-state index contributed by atoms with van der Waals surface area (Å²) in [7, 11) is 1.98. The third kappa shape index (κ3) is 5.98. The van der Waals surface area contributed by atoms with Gasteiger partial charge in [-0.2, -0.15) is 0 Å². The number of nitrogens with zero attached hydrogens (tertiary/aromatic N) is 4. The van der Waals surface area contributed by atoms with Gasteiger partial charge in [0.1, 0.15) is 12.4 Å². The molecule has 0 radical (unpaired) electrons. The lowest BCUT2D eigenvalue weighted by molar-refractivity contribution is -0.133. The van der Waals surface area contributed by atoms with Crippen molar-refractivity contribution in [2.45, 2.75) is 72.1 Å². The molecule has 2 N–H and O–H groups in total. The maximum atomic E-state index is 6.04. The van der Waals surface area contributed by atoms with E-state index in [1.165, 1.54) is 4.88 Å². The van der Waals surface area contributed by atoms with Crippen LogP contribution in [0.2, 0.25) is 0 Å². The van der Waals surface area contributed by atoms with Gasteiger partial charge in [0.05, 0.1) is 6.10 Å². The third-order valence-corrected chi connectivity index (χ3v) is 7.52. The first kappa shape index (κ1) is 26.1. The Morgan fingerprint density at radius 1 is 1.32 bits per heavy atom. The smallest absolute Gasteiger partial charge is 0.191 e. The van der Waals surface area contributed by atoms with Gasteiger partial charge >= 0.3 is 0 Å². The van der Waals surface area contributed by atoms with Gasteiger partial charge in [-0.15, -0.1) is 45.5 Å². The number of aryl methyl sites for hydroxylation is 1. The third-order valence-electron chi connectivity index (χ3n) is 6.59. The van der Waals surface area contributed by atoms with Crippen LogP contribution in [0.5, 0.6) is 0 Å².